The standard InChI is InChI=1S/C14H16N2O/c1-15-14(12-5-3-2-4-6-12)8-7-11-10-16-17-13(11)9-14/h2-6,10,15H,7-9H2,1H3. The monoisotopic (exact) mass is 228 g/mol. The van der Waals surface area contributed by atoms with E-state index in [1.165, 1.54) is 11.1 Å². The summed E-state index contributed by atoms with van der Waals surface area (Å²) < 4.78 is 5.34. The third-order valence-corrected chi connectivity index (χ3v) is 3.82. The van der Waals surface area contributed by atoms with Crippen molar-refractivity contribution in [1.29, 1.82) is 0 Å². The first-order valence-electron chi connectivity index (χ1n) is 6.01. The first-order valence-corrected chi connectivity index (χ1v) is 6.01. The molecule has 88 valence electrons. The molecular weight excluding hydrogens is 212 g/mol. The van der Waals surface area contributed by atoms with E-state index in [1.807, 2.05) is 13.2 Å². The quantitative estimate of drug-likeness (QED) is 0.857. The van der Waals surface area contributed by atoms with Gasteiger partial charge in [0, 0.05) is 12.0 Å². The van der Waals surface area contributed by atoms with Crippen molar-refractivity contribution >= 4 is 0 Å². The van der Waals surface area contributed by atoms with Gasteiger partial charge >= 0.3 is 0 Å². The van der Waals surface area contributed by atoms with Gasteiger partial charge in [-0.2, -0.15) is 0 Å². The van der Waals surface area contributed by atoms with Crippen LogP contribution in [0.25, 0.3) is 0 Å². The Labute approximate surface area is 101 Å². The van der Waals surface area contributed by atoms with Crippen molar-refractivity contribution in [3.05, 3.63) is 53.4 Å². The van der Waals surface area contributed by atoms with Gasteiger partial charge in [0.2, 0.25) is 0 Å². The number of rotatable bonds is 2. The van der Waals surface area contributed by atoms with Gasteiger partial charge in [-0.25, -0.2) is 0 Å². The summed E-state index contributed by atoms with van der Waals surface area (Å²) in [5, 5.41) is 7.37. The van der Waals surface area contributed by atoms with Crippen LogP contribution in [0.3, 0.4) is 0 Å². The van der Waals surface area contributed by atoms with E-state index in [4.69, 9.17) is 4.52 Å². The van der Waals surface area contributed by atoms with Crippen LogP contribution in [0.5, 0.6) is 0 Å². The Morgan fingerprint density at radius 2 is 2.12 bits per heavy atom. The van der Waals surface area contributed by atoms with Crippen molar-refractivity contribution in [1.82, 2.24) is 10.5 Å². The highest BCUT2D eigenvalue weighted by Crippen LogP contribution is 2.35. The molecule has 17 heavy (non-hydrogen) atoms. The Kier molecular flexibility index (Phi) is 2.48. The van der Waals surface area contributed by atoms with Gasteiger partial charge in [0.05, 0.1) is 11.7 Å². The minimum atomic E-state index is -0.00616. The molecule has 0 bridgehead atoms. The van der Waals surface area contributed by atoms with Crippen LogP contribution in [0.4, 0.5) is 0 Å². The molecule has 3 heteroatoms. The zero-order valence-corrected chi connectivity index (χ0v) is 9.94. The topological polar surface area (TPSA) is 38.1 Å². The largest absolute Gasteiger partial charge is 0.361 e. The number of aromatic nitrogens is 1. The van der Waals surface area contributed by atoms with E-state index in [2.05, 4.69) is 40.8 Å². The predicted molar refractivity (Wildman–Crippen MR) is 65.7 cm³/mol. The second-order valence-electron chi connectivity index (χ2n) is 4.65. The third kappa shape index (κ3) is 1.67. The molecule has 1 aromatic heterocycles. The SMILES string of the molecule is CNC1(c2ccccc2)CCc2cnoc2C1. The maximum Gasteiger partial charge on any atom is 0.142 e. The maximum atomic E-state index is 5.34. The van der Waals surface area contributed by atoms with Crippen LogP contribution in [0.15, 0.2) is 41.1 Å². The Bertz CT molecular complexity index is 506. The van der Waals surface area contributed by atoms with Crippen LogP contribution in [-0.2, 0) is 18.4 Å². The molecule has 1 unspecified atom stereocenters. The zero-order valence-electron chi connectivity index (χ0n) is 9.94. The molecule has 0 radical (unpaired) electrons. The summed E-state index contributed by atoms with van der Waals surface area (Å²) >= 11 is 0. The molecule has 1 heterocycles. The molecule has 3 nitrogen and oxygen atoms in total. The first-order chi connectivity index (χ1) is 8.34. The molecule has 0 spiro atoms. The number of nitrogens with one attached hydrogen (secondary N) is 1. The van der Waals surface area contributed by atoms with Crippen molar-refractivity contribution in [2.75, 3.05) is 7.05 Å². The molecule has 0 fully saturated rings. The second-order valence-corrected chi connectivity index (χ2v) is 4.65. The van der Waals surface area contributed by atoms with Crippen LogP contribution >= 0.6 is 0 Å². The minimum Gasteiger partial charge on any atom is -0.361 e. The van der Waals surface area contributed by atoms with E-state index in [-0.39, 0.29) is 5.54 Å². The first kappa shape index (κ1) is 10.5. The zero-order chi connectivity index (χ0) is 11.7. The number of likely N-dealkylation sites (N-methyl/N-ethyl adjacent to an activating group) is 1. The van der Waals surface area contributed by atoms with E-state index in [1.54, 1.807) is 0 Å². The third-order valence-electron chi connectivity index (χ3n) is 3.82. The molecule has 1 aliphatic carbocycles. The van der Waals surface area contributed by atoms with E-state index >= 15 is 0 Å². The molecule has 2 aromatic rings. The lowest BCUT2D eigenvalue weighted by atomic mass is 9.76. The molecule has 1 atom stereocenters. The summed E-state index contributed by atoms with van der Waals surface area (Å²) in [4.78, 5) is 0. The molecule has 0 saturated carbocycles. The van der Waals surface area contributed by atoms with Gasteiger partial charge in [-0.05, 0) is 25.5 Å². The molecule has 1 aliphatic rings. The summed E-state index contributed by atoms with van der Waals surface area (Å²) in [7, 11) is 2.02. The Morgan fingerprint density at radius 1 is 1.29 bits per heavy atom. The predicted octanol–water partition coefficient (Wildman–Crippen LogP) is 2.28. The fourth-order valence-electron chi connectivity index (χ4n) is 2.71. The van der Waals surface area contributed by atoms with E-state index in [0.717, 1.165) is 25.0 Å². The number of nitrogens with zero attached hydrogens (tertiary/aromatic N) is 1. The van der Waals surface area contributed by atoms with Crippen LogP contribution in [0.1, 0.15) is 23.3 Å². The van der Waals surface area contributed by atoms with Crippen LogP contribution < -0.4 is 5.32 Å². The highest BCUT2D eigenvalue weighted by atomic mass is 16.5. The lowest BCUT2D eigenvalue weighted by Gasteiger charge is -2.36. The van der Waals surface area contributed by atoms with Gasteiger partial charge in [0.25, 0.3) is 0 Å². The number of benzene rings is 1. The summed E-state index contributed by atoms with van der Waals surface area (Å²) in [6.45, 7) is 0. The number of hydrogen-bond acceptors (Lipinski definition) is 3. The van der Waals surface area contributed by atoms with Crippen LogP contribution in [-0.4, -0.2) is 12.2 Å². The normalized spacial score (nSPS) is 23.4. The lowest BCUT2D eigenvalue weighted by molar-refractivity contribution is 0.268. The average Bonchev–Trinajstić information content (AvgIpc) is 2.86. The smallest absolute Gasteiger partial charge is 0.142 e. The van der Waals surface area contributed by atoms with E-state index in [0.29, 0.717) is 0 Å². The fourth-order valence-corrected chi connectivity index (χ4v) is 2.71. The summed E-state index contributed by atoms with van der Waals surface area (Å²) in [5.41, 5.74) is 2.57. The van der Waals surface area contributed by atoms with Crippen molar-refractivity contribution in [2.45, 2.75) is 24.8 Å². The molecule has 1 N–H and O–H groups in total. The van der Waals surface area contributed by atoms with Crippen molar-refractivity contribution in [2.24, 2.45) is 0 Å². The van der Waals surface area contributed by atoms with E-state index < -0.39 is 0 Å². The lowest BCUT2D eigenvalue weighted by Crippen LogP contribution is -2.44. The maximum absolute atomic E-state index is 5.34. The molecule has 0 amide bonds. The minimum absolute atomic E-state index is 0.00616. The average molecular weight is 228 g/mol. The molecule has 0 aliphatic heterocycles. The summed E-state index contributed by atoms with van der Waals surface area (Å²) in [5.74, 6) is 1.02. The Hall–Kier alpha value is -1.61. The van der Waals surface area contributed by atoms with Crippen molar-refractivity contribution < 1.29 is 4.52 Å². The Morgan fingerprint density at radius 3 is 2.88 bits per heavy atom. The van der Waals surface area contributed by atoms with Gasteiger partial charge in [-0.3, -0.25) is 0 Å². The summed E-state index contributed by atoms with van der Waals surface area (Å²) in [6, 6.07) is 10.6. The second kappa shape index (κ2) is 4.00. The van der Waals surface area contributed by atoms with Crippen molar-refractivity contribution in [3.8, 4) is 0 Å². The molecular formula is C14H16N2O. The fraction of sp³-hybridized carbons (Fsp3) is 0.357. The van der Waals surface area contributed by atoms with Crippen LogP contribution in [0.2, 0.25) is 0 Å². The molecule has 1 aromatic carbocycles. The van der Waals surface area contributed by atoms with Gasteiger partial charge in [0.1, 0.15) is 5.76 Å². The molecule has 0 saturated heterocycles. The Balaban J connectivity index is 2.01. The number of aryl methyl sites for hydroxylation is 1. The van der Waals surface area contributed by atoms with Gasteiger partial charge in [0.15, 0.2) is 0 Å². The number of hydrogen-bond donors (Lipinski definition) is 1. The highest BCUT2D eigenvalue weighted by Gasteiger charge is 2.36. The van der Waals surface area contributed by atoms with E-state index in [9.17, 15) is 0 Å². The van der Waals surface area contributed by atoms with Crippen molar-refractivity contribution in [3.63, 3.8) is 0 Å². The van der Waals surface area contributed by atoms with Gasteiger partial charge in [-0.1, -0.05) is 35.5 Å². The van der Waals surface area contributed by atoms with Gasteiger partial charge in [-0.15, -0.1) is 0 Å². The van der Waals surface area contributed by atoms with Crippen LogP contribution in [0, 0.1) is 0 Å². The highest BCUT2D eigenvalue weighted by molar-refractivity contribution is 5.31. The number of fused-ring (bicyclic) bond motifs is 1. The summed E-state index contributed by atoms with van der Waals surface area (Å²) in [6.07, 6.45) is 4.83. The van der Waals surface area contributed by atoms with Gasteiger partial charge < -0.3 is 9.84 Å². The molecule has 3 rings (SSSR count).